The van der Waals surface area contributed by atoms with E-state index >= 15 is 0 Å². The first-order valence-electron chi connectivity index (χ1n) is 9.09. The van der Waals surface area contributed by atoms with Gasteiger partial charge < -0.3 is 9.88 Å². The predicted molar refractivity (Wildman–Crippen MR) is 110 cm³/mol. The van der Waals surface area contributed by atoms with Crippen LogP contribution >= 0.6 is 11.3 Å². The van der Waals surface area contributed by atoms with Crippen LogP contribution in [-0.4, -0.2) is 53.9 Å². The van der Waals surface area contributed by atoms with Crippen molar-refractivity contribution in [3.8, 4) is 0 Å². The number of nitrogens with one attached hydrogen (secondary N) is 1. The van der Waals surface area contributed by atoms with Gasteiger partial charge in [0.05, 0.1) is 15.1 Å². The van der Waals surface area contributed by atoms with Crippen LogP contribution in [0.25, 0.3) is 10.2 Å². The Balaban J connectivity index is 1.53. The second-order valence-electron chi connectivity index (χ2n) is 6.70. The van der Waals surface area contributed by atoms with Crippen LogP contribution in [-0.2, 0) is 16.4 Å². The first-order valence-corrected chi connectivity index (χ1v) is 11.3. The molecule has 3 aromatic rings. The number of H-pyrrole nitrogens is 1. The molecule has 0 spiro atoms. The SMILES string of the molecule is CCc1nc(C)cc(N2CCN(S(=O)(=O)c3ccc4[nH]c(=O)sc4c3)CC2)n1. The maximum Gasteiger partial charge on any atom is 0.305 e. The lowest BCUT2D eigenvalue weighted by Gasteiger charge is -2.34. The normalized spacial score (nSPS) is 16.0. The van der Waals surface area contributed by atoms with Gasteiger partial charge in [-0.1, -0.05) is 18.3 Å². The van der Waals surface area contributed by atoms with Gasteiger partial charge in [0.15, 0.2) is 0 Å². The molecule has 28 heavy (non-hydrogen) atoms. The third-order valence-electron chi connectivity index (χ3n) is 4.80. The molecule has 3 heterocycles. The highest BCUT2D eigenvalue weighted by atomic mass is 32.2. The molecule has 10 heteroatoms. The van der Waals surface area contributed by atoms with Gasteiger partial charge in [-0.3, -0.25) is 4.79 Å². The van der Waals surface area contributed by atoms with Crippen molar-refractivity contribution in [2.75, 3.05) is 31.1 Å². The number of aryl methyl sites for hydroxylation is 2. The Morgan fingerprint density at radius 3 is 2.61 bits per heavy atom. The molecule has 1 aliphatic rings. The number of rotatable bonds is 4. The van der Waals surface area contributed by atoms with E-state index in [1.54, 1.807) is 18.2 Å². The van der Waals surface area contributed by atoms with E-state index in [0.717, 1.165) is 35.1 Å². The van der Waals surface area contributed by atoms with E-state index in [4.69, 9.17) is 0 Å². The van der Waals surface area contributed by atoms with Gasteiger partial charge in [-0.15, -0.1) is 0 Å². The van der Waals surface area contributed by atoms with Crippen LogP contribution in [0.1, 0.15) is 18.4 Å². The molecule has 1 aromatic carbocycles. The molecule has 1 N–H and O–H groups in total. The molecule has 0 atom stereocenters. The average molecular weight is 420 g/mol. The first-order chi connectivity index (χ1) is 13.4. The lowest BCUT2D eigenvalue weighted by atomic mass is 10.3. The van der Waals surface area contributed by atoms with Crippen molar-refractivity contribution in [2.24, 2.45) is 0 Å². The number of aromatic amines is 1. The number of nitrogens with zero attached hydrogens (tertiary/aromatic N) is 4. The summed E-state index contributed by atoms with van der Waals surface area (Å²) in [7, 11) is -3.61. The fourth-order valence-electron chi connectivity index (χ4n) is 3.33. The minimum Gasteiger partial charge on any atom is -0.354 e. The monoisotopic (exact) mass is 419 g/mol. The number of benzene rings is 1. The third-order valence-corrected chi connectivity index (χ3v) is 7.54. The van der Waals surface area contributed by atoms with E-state index in [2.05, 4.69) is 19.9 Å². The Morgan fingerprint density at radius 1 is 1.14 bits per heavy atom. The fourth-order valence-corrected chi connectivity index (χ4v) is 5.62. The van der Waals surface area contributed by atoms with Gasteiger partial charge in [-0.2, -0.15) is 4.31 Å². The summed E-state index contributed by atoms with van der Waals surface area (Å²) in [5, 5.41) is 0. The molecule has 148 valence electrons. The summed E-state index contributed by atoms with van der Waals surface area (Å²) in [6, 6.07) is 6.70. The zero-order valence-corrected chi connectivity index (χ0v) is 17.3. The number of thiazole rings is 1. The van der Waals surface area contributed by atoms with Crippen molar-refractivity contribution in [1.29, 1.82) is 0 Å². The van der Waals surface area contributed by atoms with Gasteiger partial charge in [-0.05, 0) is 25.1 Å². The summed E-state index contributed by atoms with van der Waals surface area (Å²) in [6.45, 7) is 5.86. The smallest absolute Gasteiger partial charge is 0.305 e. The van der Waals surface area contributed by atoms with Crippen molar-refractivity contribution >= 4 is 37.4 Å². The second kappa shape index (κ2) is 7.26. The Hall–Kier alpha value is -2.30. The average Bonchev–Trinajstić information content (AvgIpc) is 3.06. The van der Waals surface area contributed by atoms with Crippen molar-refractivity contribution in [2.45, 2.75) is 25.2 Å². The molecule has 1 saturated heterocycles. The molecule has 0 bridgehead atoms. The molecular formula is C18H21N5O3S2. The second-order valence-corrected chi connectivity index (χ2v) is 9.65. The lowest BCUT2D eigenvalue weighted by molar-refractivity contribution is 0.383. The van der Waals surface area contributed by atoms with Gasteiger partial charge in [-0.25, -0.2) is 18.4 Å². The molecule has 8 nitrogen and oxygen atoms in total. The molecule has 1 aliphatic heterocycles. The van der Waals surface area contributed by atoms with E-state index in [1.165, 1.54) is 4.31 Å². The Kier molecular flexibility index (Phi) is 4.94. The molecular weight excluding hydrogens is 398 g/mol. The van der Waals surface area contributed by atoms with Crippen LogP contribution in [0.15, 0.2) is 34.0 Å². The molecule has 0 aliphatic carbocycles. The van der Waals surface area contributed by atoms with E-state index in [9.17, 15) is 13.2 Å². The summed E-state index contributed by atoms with van der Waals surface area (Å²) in [4.78, 5) is 25.3. The van der Waals surface area contributed by atoms with Crippen molar-refractivity contribution in [3.05, 3.63) is 45.5 Å². The molecule has 0 saturated carbocycles. The number of sulfonamides is 1. The zero-order chi connectivity index (χ0) is 19.9. The van der Waals surface area contributed by atoms with Crippen molar-refractivity contribution in [3.63, 3.8) is 0 Å². The highest BCUT2D eigenvalue weighted by Crippen LogP contribution is 2.24. The summed E-state index contributed by atoms with van der Waals surface area (Å²) in [5.41, 5.74) is 1.57. The van der Waals surface area contributed by atoms with Gasteiger partial charge in [0, 0.05) is 44.4 Å². The van der Waals surface area contributed by atoms with Crippen LogP contribution in [0.5, 0.6) is 0 Å². The largest absolute Gasteiger partial charge is 0.354 e. The fraction of sp³-hybridized carbons (Fsp3) is 0.389. The molecule has 4 rings (SSSR count). The predicted octanol–water partition coefficient (Wildman–Crippen LogP) is 1.76. The third kappa shape index (κ3) is 3.54. The maximum absolute atomic E-state index is 13.0. The van der Waals surface area contributed by atoms with Crippen LogP contribution in [0.4, 0.5) is 5.82 Å². The highest BCUT2D eigenvalue weighted by Gasteiger charge is 2.29. The lowest BCUT2D eigenvalue weighted by Crippen LogP contribution is -2.49. The minimum absolute atomic E-state index is 0.190. The van der Waals surface area contributed by atoms with Gasteiger partial charge in [0.25, 0.3) is 0 Å². The molecule has 1 fully saturated rings. The summed E-state index contributed by atoms with van der Waals surface area (Å²) >= 11 is 1.02. The van der Waals surface area contributed by atoms with Gasteiger partial charge >= 0.3 is 4.87 Å². The van der Waals surface area contributed by atoms with E-state index in [0.29, 0.717) is 36.4 Å². The van der Waals surface area contributed by atoms with E-state index in [1.807, 2.05) is 19.9 Å². The molecule has 0 unspecified atom stereocenters. The maximum atomic E-state index is 13.0. The van der Waals surface area contributed by atoms with E-state index in [-0.39, 0.29) is 9.77 Å². The highest BCUT2D eigenvalue weighted by molar-refractivity contribution is 7.89. The van der Waals surface area contributed by atoms with Crippen LogP contribution in [0.2, 0.25) is 0 Å². The van der Waals surface area contributed by atoms with Gasteiger partial charge in [0.2, 0.25) is 10.0 Å². The standard InChI is InChI=1S/C18H21N5O3S2/c1-3-16-19-12(2)10-17(21-16)22-6-8-23(9-7-22)28(25,26)13-4-5-14-15(11-13)27-18(24)20-14/h4-5,10-11H,3,6-9H2,1-2H3,(H,20,24). The van der Waals surface area contributed by atoms with Gasteiger partial charge in [0.1, 0.15) is 11.6 Å². The minimum atomic E-state index is -3.61. The summed E-state index contributed by atoms with van der Waals surface area (Å²) in [5.74, 6) is 1.64. The number of hydrogen-bond donors (Lipinski definition) is 1. The first kappa shape index (κ1) is 19.0. The summed E-state index contributed by atoms with van der Waals surface area (Å²) < 4.78 is 28.2. The quantitative estimate of drug-likeness (QED) is 0.692. The number of hydrogen-bond acceptors (Lipinski definition) is 7. The number of anilines is 1. The van der Waals surface area contributed by atoms with Crippen LogP contribution in [0.3, 0.4) is 0 Å². The van der Waals surface area contributed by atoms with Crippen molar-refractivity contribution in [1.82, 2.24) is 19.3 Å². The van der Waals surface area contributed by atoms with Crippen LogP contribution in [0, 0.1) is 6.92 Å². The molecule has 0 amide bonds. The molecule has 2 aromatic heterocycles. The molecule has 0 radical (unpaired) electrons. The van der Waals surface area contributed by atoms with Crippen molar-refractivity contribution < 1.29 is 8.42 Å². The number of piperazine rings is 1. The number of aromatic nitrogens is 3. The number of fused-ring (bicyclic) bond motifs is 1. The Morgan fingerprint density at radius 2 is 1.89 bits per heavy atom. The summed E-state index contributed by atoms with van der Waals surface area (Å²) in [6.07, 6.45) is 0.761. The van der Waals surface area contributed by atoms with E-state index < -0.39 is 10.0 Å². The Bertz CT molecular complexity index is 1180. The van der Waals surface area contributed by atoms with Crippen LogP contribution < -0.4 is 9.77 Å². The topological polar surface area (TPSA) is 99.3 Å². The Labute approximate surface area is 166 Å². The zero-order valence-electron chi connectivity index (χ0n) is 15.7.